The number of halogens is 4. The van der Waals surface area contributed by atoms with E-state index in [1.165, 1.54) is 35.4 Å². The van der Waals surface area contributed by atoms with Gasteiger partial charge in [0.25, 0.3) is 0 Å². The van der Waals surface area contributed by atoms with Crippen LogP contribution in [0.4, 0.5) is 17.6 Å². The molecule has 0 saturated heterocycles. The third kappa shape index (κ3) is 13.0. The number of rotatable bonds is 0. The number of hydrogen-bond acceptors (Lipinski definition) is 0. The van der Waals surface area contributed by atoms with Crippen molar-refractivity contribution in [1.82, 2.24) is 0 Å². The molecule has 0 spiro atoms. The number of hydrogen-bond donors (Lipinski definition) is 0. The van der Waals surface area contributed by atoms with Gasteiger partial charge in [-0.15, -0.1) is 48.2 Å². The van der Waals surface area contributed by atoms with Gasteiger partial charge in [0.15, 0.2) is 0 Å². The Bertz CT molecular complexity index is 857. The fraction of sp³-hybridized carbons (Fsp3) is 0.231. The summed E-state index contributed by atoms with van der Waals surface area (Å²) in [6.07, 6.45) is 16.7. The molecule has 0 heterocycles. The Morgan fingerprint density at radius 1 is 0.613 bits per heavy atom. The van der Waals surface area contributed by atoms with Crippen molar-refractivity contribution in [3.05, 3.63) is 118 Å². The Labute approximate surface area is 198 Å². The topological polar surface area (TPSA) is 0 Å². The molecule has 2 aromatic carbocycles. The molecule has 2 aliphatic carbocycles. The van der Waals surface area contributed by atoms with Gasteiger partial charge in [-0.05, 0) is 0 Å². The summed E-state index contributed by atoms with van der Waals surface area (Å²) >= 11 is 0. The standard InChI is InChI=1S/2C7H5F2.2C6H7.Ti/c2*1-5-2-3-6(8)4-7(5)9;2*1-6-4-2-3-5-6;/h2*2-3H,1H3;2*2,4H,3H2,1H3;/q4*-1;+4. The number of benzene rings is 2. The predicted octanol–water partition coefficient (Wildman–Crippen LogP) is 7.54. The van der Waals surface area contributed by atoms with E-state index in [0.29, 0.717) is 11.1 Å². The Morgan fingerprint density at radius 2 is 0.968 bits per heavy atom. The van der Waals surface area contributed by atoms with Crippen molar-refractivity contribution in [3.63, 3.8) is 0 Å². The predicted molar refractivity (Wildman–Crippen MR) is 112 cm³/mol. The maximum Gasteiger partial charge on any atom is 4.00 e. The zero-order valence-corrected chi connectivity index (χ0v) is 19.6. The summed E-state index contributed by atoms with van der Waals surface area (Å²) in [6.45, 7) is 7.24. The molecule has 0 aliphatic heterocycles. The maximum absolute atomic E-state index is 12.3. The molecular formula is C26H24F4Ti. The average molecular weight is 460 g/mol. The van der Waals surface area contributed by atoms with Gasteiger partial charge in [0.1, 0.15) is 0 Å². The van der Waals surface area contributed by atoms with Gasteiger partial charge >= 0.3 is 21.7 Å². The van der Waals surface area contributed by atoms with E-state index in [0.717, 1.165) is 12.8 Å². The Hall–Kier alpha value is -2.17. The summed E-state index contributed by atoms with van der Waals surface area (Å²) in [7, 11) is 0. The normalized spacial score (nSPS) is 12.8. The van der Waals surface area contributed by atoms with Crippen LogP contribution in [0.15, 0.2) is 59.7 Å². The molecule has 2 aliphatic rings. The Morgan fingerprint density at radius 3 is 1.13 bits per heavy atom. The third-order valence-corrected chi connectivity index (χ3v) is 3.84. The zero-order chi connectivity index (χ0) is 22.5. The second-order valence-electron chi connectivity index (χ2n) is 6.54. The molecule has 4 rings (SSSR count). The van der Waals surface area contributed by atoms with E-state index in [1.807, 2.05) is 12.1 Å². The van der Waals surface area contributed by atoms with E-state index < -0.39 is 23.3 Å². The van der Waals surface area contributed by atoms with Gasteiger partial charge in [-0.1, -0.05) is 27.7 Å². The van der Waals surface area contributed by atoms with Crippen LogP contribution in [0, 0.1) is 61.4 Å². The van der Waals surface area contributed by atoms with Crippen molar-refractivity contribution in [2.24, 2.45) is 0 Å². The van der Waals surface area contributed by atoms with Crippen LogP contribution in [-0.2, 0) is 21.7 Å². The van der Waals surface area contributed by atoms with Crippen molar-refractivity contribution in [2.45, 2.75) is 40.5 Å². The summed E-state index contributed by atoms with van der Waals surface area (Å²) in [5, 5.41) is 0. The zero-order valence-electron chi connectivity index (χ0n) is 18.0. The van der Waals surface area contributed by atoms with Crippen LogP contribution in [0.5, 0.6) is 0 Å². The molecule has 0 saturated carbocycles. The molecule has 5 heteroatoms. The molecule has 160 valence electrons. The summed E-state index contributed by atoms with van der Waals surface area (Å²) < 4.78 is 48.7. The van der Waals surface area contributed by atoms with Crippen LogP contribution < -0.4 is 0 Å². The average Bonchev–Trinajstić information content (AvgIpc) is 3.37. The molecule has 0 atom stereocenters. The van der Waals surface area contributed by atoms with Gasteiger partial charge in [0, 0.05) is 23.3 Å². The second kappa shape index (κ2) is 15.6. The van der Waals surface area contributed by atoms with Gasteiger partial charge in [-0.25, -0.2) is 40.9 Å². The fourth-order valence-electron chi connectivity index (χ4n) is 2.06. The molecule has 0 radical (unpaired) electrons. The van der Waals surface area contributed by atoms with E-state index in [-0.39, 0.29) is 21.7 Å². The fourth-order valence-corrected chi connectivity index (χ4v) is 2.06. The third-order valence-electron chi connectivity index (χ3n) is 3.84. The number of allylic oxidation sites excluding steroid dienone is 8. The maximum atomic E-state index is 12.3. The van der Waals surface area contributed by atoms with E-state index in [9.17, 15) is 17.6 Å². The van der Waals surface area contributed by atoms with Gasteiger partial charge in [-0.2, -0.15) is 24.3 Å². The van der Waals surface area contributed by atoms with E-state index in [4.69, 9.17) is 0 Å². The first kappa shape index (κ1) is 28.8. The van der Waals surface area contributed by atoms with Crippen LogP contribution in [-0.4, -0.2) is 0 Å². The molecule has 0 fully saturated rings. The first-order valence-electron chi connectivity index (χ1n) is 9.34. The largest absolute Gasteiger partial charge is 4.00 e. The van der Waals surface area contributed by atoms with Crippen molar-refractivity contribution >= 4 is 0 Å². The van der Waals surface area contributed by atoms with Crippen LogP contribution in [0.1, 0.15) is 37.8 Å². The summed E-state index contributed by atoms with van der Waals surface area (Å²) in [5.41, 5.74) is 3.37. The minimum Gasteiger partial charge on any atom is -0.270 e. The van der Waals surface area contributed by atoms with Crippen LogP contribution in [0.25, 0.3) is 0 Å². The molecule has 0 nitrogen and oxygen atoms in total. The Balaban J connectivity index is 0.000000389. The van der Waals surface area contributed by atoms with E-state index >= 15 is 0 Å². The smallest absolute Gasteiger partial charge is 0.270 e. The van der Waals surface area contributed by atoms with E-state index in [1.54, 1.807) is 13.8 Å². The molecule has 0 N–H and O–H groups in total. The molecule has 0 bridgehead atoms. The SMILES string of the molecule is CC1=[C-]CC=C1.CC1=[C-]CC=C1.Cc1ccc(F)[c-]c1F.Cc1ccc(F)[c-]c1F.[Ti+4]. The van der Waals surface area contributed by atoms with Crippen molar-refractivity contribution < 1.29 is 39.3 Å². The first-order valence-corrected chi connectivity index (χ1v) is 9.34. The monoisotopic (exact) mass is 460 g/mol. The quantitative estimate of drug-likeness (QED) is 0.217. The van der Waals surface area contributed by atoms with Crippen molar-refractivity contribution in [3.8, 4) is 0 Å². The Kier molecular flexibility index (Phi) is 14.5. The van der Waals surface area contributed by atoms with Crippen LogP contribution in [0.3, 0.4) is 0 Å². The van der Waals surface area contributed by atoms with Gasteiger partial charge in [-0.3, -0.25) is 12.2 Å². The van der Waals surface area contributed by atoms with Crippen molar-refractivity contribution in [1.29, 1.82) is 0 Å². The molecular weight excluding hydrogens is 436 g/mol. The molecule has 0 unspecified atom stereocenters. The second-order valence-corrected chi connectivity index (χ2v) is 6.54. The number of aryl methyl sites for hydroxylation is 2. The van der Waals surface area contributed by atoms with E-state index in [2.05, 4.69) is 50.3 Å². The summed E-state index contributed by atoms with van der Waals surface area (Å²) in [6, 6.07) is 8.92. The first-order chi connectivity index (χ1) is 14.2. The minimum atomic E-state index is -0.655. The molecule has 0 aromatic heterocycles. The van der Waals surface area contributed by atoms with Crippen LogP contribution >= 0.6 is 0 Å². The van der Waals surface area contributed by atoms with Gasteiger partial charge < -0.3 is 0 Å². The summed E-state index contributed by atoms with van der Waals surface area (Å²) in [4.78, 5) is 0. The van der Waals surface area contributed by atoms with Gasteiger partial charge in [0.2, 0.25) is 0 Å². The molecule has 0 amide bonds. The van der Waals surface area contributed by atoms with Gasteiger partial charge in [0.05, 0.1) is 0 Å². The molecule has 31 heavy (non-hydrogen) atoms. The summed E-state index contributed by atoms with van der Waals surface area (Å²) in [5.74, 6) is -2.54. The molecule has 2 aromatic rings. The van der Waals surface area contributed by atoms with Crippen molar-refractivity contribution in [2.75, 3.05) is 0 Å². The van der Waals surface area contributed by atoms with Crippen LogP contribution in [0.2, 0.25) is 0 Å². The minimum absolute atomic E-state index is 0.